The highest BCUT2D eigenvalue weighted by molar-refractivity contribution is 5.78. The van der Waals surface area contributed by atoms with E-state index in [-0.39, 0.29) is 17.1 Å². The standard InChI is InChI=1S/C22H38O7/c1-8-18-20(28-16(4)24)19(27-15(3)23)14(2)21(29-18)26-12-10-9-11-17(25)13-22(5,6)7/h14,18-21H,8-13H2,1-7H3/t14-,18-,19-,20+,21-/m1/s1. The number of Topliss-reactive ketones (excluding diaryl/α,β-unsaturated/α-hetero) is 1. The van der Waals surface area contributed by atoms with Crippen LogP contribution in [0.1, 0.15) is 80.6 Å². The van der Waals surface area contributed by atoms with Gasteiger partial charge in [-0.2, -0.15) is 0 Å². The van der Waals surface area contributed by atoms with Gasteiger partial charge in [0, 0.05) is 39.2 Å². The first-order chi connectivity index (χ1) is 13.4. The van der Waals surface area contributed by atoms with E-state index in [0.717, 1.165) is 12.8 Å². The van der Waals surface area contributed by atoms with Crippen LogP contribution in [0.2, 0.25) is 0 Å². The minimum absolute atomic E-state index is 0.0122. The van der Waals surface area contributed by atoms with E-state index in [1.807, 2.05) is 13.8 Å². The van der Waals surface area contributed by atoms with Gasteiger partial charge in [0.25, 0.3) is 0 Å². The zero-order chi connectivity index (χ0) is 22.2. The van der Waals surface area contributed by atoms with Gasteiger partial charge in [-0.05, 0) is 24.7 Å². The van der Waals surface area contributed by atoms with Crippen molar-refractivity contribution in [1.82, 2.24) is 0 Å². The van der Waals surface area contributed by atoms with Gasteiger partial charge in [0.1, 0.15) is 18.0 Å². The van der Waals surface area contributed by atoms with Crippen molar-refractivity contribution in [1.29, 1.82) is 0 Å². The number of hydrogen-bond donors (Lipinski definition) is 0. The molecule has 0 aromatic rings. The first-order valence-corrected chi connectivity index (χ1v) is 10.6. The molecule has 29 heavy (non-hydrogen) atoms. The van der Waals surface area contributed by atoms with Gasteiger partial charge in [0.15, 0.2) is 12.4 Å². The van der Waals surface area contributed by atoms with Crippen molar-refractivity contribution in [2.24, 2.45) is 11.3 Å². The molecule has 0 bridgehead atoms. The van der Waals surface area contributed by atoms with E-state index in [9.17, 15) is 14.4 Å². The van der Waals surface area contributed by atoms with Crippen LogP contribution in [0.25, 0.3) is 0 Å². The predicted octanol–water partition coefficient (Wildman–Crippen LogP) is 3.81. The first-order valence-electron chi connectivity index (χ1n) is 10.6. The lowest BCUT2D eigenvalue weighted by Gasteiger charge is -2.44. The van der Waals surface area contributed by atoms with Crippen molar-refractivity contribution in [3.8, 4) is 0 Å². The van der Waals surface area contributed by atoms with Crippen molar-refractivity contribution in [2.45, 2.75) is 105 Å². The van der Waals surface area contributed by atoms with Crippen LogP contribution in [0.3, 0.4) is 0 Å². The third kappa shape index (κ3) is 9.26. The minimum atomic E-state index is -0.661. The summed E-state index contributed by atoms with van der Waals surface area (Å²) >= 11 is 0. The topological polar surface area (TPSA) is 88.1 Å². The molecule has 7 nitrogen and oxygen atoms in total. The number of esters is 2. The maximum Gasteiger partial charge on any atom is 0.303 e. The molecular weight excluding hydrogens is 376 g/mol. The van der Waals surface area contributed by atoms with Crippen molar-refractivity contribution in [3.63, 3.8) is 0 Å². The number of unbranched alkanes of at least 4 members (excludes halogenated alkanes) is 1. The van der Waals surface area contributed by atoms with Gasteiger partial charge < -0.3 is 18.9 Å². The molecule has 7 heteroatoms. The number of rotatable bonds is 10. The van der Waals surface area contributed by atoms with E-state index in [2.05, 4.69) is 20.8 Å². The van der Waals surface area contributed by atoms with E-state index in [4.69, 9.17) is 18.9 Å². The summed E-state index contributed by atoms with van der Waals surface area (Å²) in [6.07, 6.45) is 0.935. The molecule has 1 aliphatic heterocycles. The minimum Gasteiger partial charge on any atom is -0.458 e. The average Bonchev–Trinajstić information content (AvgIpc) is 2.57. The first kappa shape index (κ1) is 25.6. The van der Waals surface area contributed by atoms with Crippen molar-refractivity contribution in [2.75, 3.05) is 6.61 Å². The molecule has 0 amide bonds. The van der Waals surface area contributed by atoms with E-state index >= 15 is 0 Å². The van der Waals surface area contributed by atoms with Gasteiger partial charge in [-0.15, -0.1) is 0 Å². The van der Waals surface area contributed by atoms with Crippen LogP contribution in [-0.2, 0) is 33.3 Å². The molecule has 0 spiro atoms. The molecular formula is C22H38O7. The van der Waals surface area contributed by atoms with E-state index < -0.39 is 36.5 Å². The Balaban J connectivity index is 2.60. The van der Waals surface area contributed by atoms with Crippen LogP contribution >= 0.6 is 0 Å². The number of carbonyl (C=O) groups is 3. The van der Waals surface area contributed by atoms with E-state index in [1.54, 1.807) is 0 Å². The molecule has 168 valence electrons. The zero-order valence-electron chi connectivity index (χ0n) is 19.0. The third-order valence-electron chi connectivity index (χ3n) is 4.81. The largest absolute Gasteiger partial charge is 0.458 e. The highest BCUT2D eigenvalue weighted by Crippen LogP contribution is 2.32. The Kier molecular flexibility index (Phi) is 10.3. The lowest BCUT2D eigenvalue weighted by atomic mass is 9.88. The number of hydrogen-bond acceptors (Lipinski definition) is 7. The monoisotopic (exact) mass is 414 g/mol. The lowest BCUT2D eigenvalue weighted by Crippen LogP contribution is -2.57. The summed E-state index contributed by atoms with van der Waals surface area (Å²) in [5.41, 5.74) is 0.0122. The van der Waals surface area contributed by atoms with Gasteiger partial charge in [0.2, 0.25) is 0 Å². The van der Waals surface area contributed by atoms with Crippen LogP contribution < -0.4 is 0 Å². The summed E-state index contributed by atoms with van der Waals surface area (Å²) in [5.74, 6) is -0.911. The molecule has 1 fully saturated rings. The summed E-state index contributed by atoms with van der Waals surface area (Å²) in [4.78, 5) is 35.0. The molecule has 0 aliphatic carbocycles. The maximum absolute atomic E-state index is 12.0. The number of ketones is 1. The van der Waals surface area contributed by atoms with E-state index in [1.165, 1.54) is 13.8 Å². The molecule has 0 aromatic carbocycles. The Labute approximate surface area is 174 Å². The van der Waals surface area contributed by atoms with Crippen molar-refractivity contribution >= 4 is 17.7 Å². The van der Waals surface area contributed by atoms with Crippen molar-refractivity contribution in [3.05, 3.63) is 0 Å². The van der Waals surface area contributed by atoms with Crippen LogP contribution in [0.15, 0.2) is 0 Å². The van der Waals surface area contributed by atoms with Gasteiger partial charge in [-0.3, -0.25) is 14.4 Å². The third-order valence-corrected chi connectivity index (χ3v) is 4.81. The molecule has 1 saturated heterocycles. The summed E-state index contributed by atoms with van der Waals surface area (Å²) in [6.45, 7) is 13.0. The summed E-state index contributed by atoms with van der Waals surface area (Å²) in [6, 6.07) is 0. The summed E-state index contributed by atoms with van der Waals surface area (Å²) in [5, 5.41) is 0. The second kappa shape index (κ2) is 11.6. The Bertz CT molecular complexity index is 552. The predicted molar refractivity (Wildman–Crippen MR) is 108 cm³/mol. The molecule has 0 saturated carbocycles. The Morgan fingerprint density at radius 1 is 0.966 bits per heavy atom. The van der Waals surface area contributed by atoms with Gasteiger partial charge in [0.05, 0.1) is 0 Å². The number of ether oxygens (including phenoxy) is 4. The zero-order valence-corrected chi connectivity index (χ0v) is 19.0. The normalized spacial score (nSPS) is 27.3. The fourth-order valence-electron chi connectivity index (χ4n) is 3.56. The second-order valence-corrected chi connectivity index (χ2v) is 9.06. The number of carbonyl (C=O) groups excluding carboxylic acids is 3. The maximum atomic E-state index is 12.0. The summed E-state index contributed by atoms with van der Waals surface area (Å²) in [7, 11) is 0. The van der Waals surface area contributed by atoms with Crippen molar-refractivity contribution < 1.29 is 33.3 Å². The fraction of sp³-hybridized carbons (Fsp3) is 0.864. The van der Waals surface area contributed by atoms with Gasteiger partial charge in [-0.1, -0.05) is 34.6 Å². The van der Waals surface area contributed by atoms with E-state index in [0.29, 0.717) is 25.9 Å². The molecule has 0 radical (unpaired) electrons. The molecule has 0 N–H and O–H groups in total. The second-order valence-electron chi connectivity index (χ2n) is 9.06. The Morgan fingerprint density at radius 3 is 2.07 bits per heavy atom. The molecule has 0 aromatic heterocycles. The highest BCUT2D eigenvalue weighted by Gasteiger charge is 2.47. The molecule has 5 atom stereocenters. The summed E-state index contributed by atoms with van der Waals surface area (Å²) < 4.78 is 22.8. The van der Waals surface area contributed by atoms with Crippen LogP contribution in [0, 0.1) is 11.3 Å². The molecule has 1 aliphatic rings. The van der Waals surface area contributed by atoms with Gasteiger partial charge in [-0.25, -0.2) is 0 Å². The average molecular weight is 415 g/mol. The quantitative estimate of drug-likeness (QED) is 0.397. The Hall–Kier alpha value is -1.47. The highest BCUT2D eigenvalue weighted by atomic mass is 16.7. The van der Waals surface area contributed by atoms with Crippen LogP contribution in [0.5, 0.6) is 0 Å². The fourth-order valence-corrected chi connectivity index (χ4v) is 3.56. The molecule has 1 rings (SSSR count). The molecule has 1 heterocycles. The van der Waals surface area contributed by atoms with Crippen LogP contribution in [0.4, 0.5) is 0 Å². The smallest absolute Gasteiger partial charge is 0.303 e. The van der Waals surface area contributed by atoms with Gasteiger partial charge >= 0.3 is 11.9 Å². The SMILES string of the molecule is CC[C@H]1O[C@@H](OCCCCC(=O)CC(C)(C)C)[C@H](C)[C@@H](OC(C)=O)[C@H]1OC(C)=O. The Morgan fingerprint density at radius 2 is 1.55 bits per heavy atom. The molecule has 0 unspecified atom stereocenters. The lowest BCUT2D eigenvalue weighted by molar-refractivity contribution is -0.283. The van der Waals surface area contributed by atoms with Crippen LogP contribution in [-0.4, -0.2) is 48.9 Å².